The highest BCUT2D eigenvalue weighted by molar-refractivity contribution is 6.30. The number of hydrogen-bond donors (Lipinski definition) is 1. The van der Waals surface area contributed by atoms with E-state index in [4.69, 9.17) is 11.6 Å². The van der Waals surface area contributed by atoms with E-state index in [2.05, 4.69) is 20.5 Å². The van der Waals surface area contributed by atoms with Gasteiger partial charge in [-0.3, -0.25) is 4.79 Å². The SMILES string of the molecule is O=c1c(Cc2ccc(Cl)cc2)cnc2nn[nH]n12. The molecule has 90 valence electrons. The van der Waals surface area contributed by atoms with E-state index >= 15 is 0 Å². The molecule has 2 aromatic heterocycles. The van der Waals surface area contributed by atoms with Crippen LogP contribution in [0.2, 0.25) is 5.02 Å². The summed E-state index contributed by atoms with van der Waals surface area (Å²) in [6.07, 6.45) is 2.01. The van der Waals surface area contributed by atoms with Gasteiger partial charge in [-0.15, -0.1) is 0 Å². The van der Waals surface area contributed by atoms with Crippen LogP contribution in [-0.4, -0.2) is 25.0 Å². The van der Waals surface area contributed by atoms with Crippen molar-refractivity contribution in [3.05, 3.63) is 57.0 Å². The second-order valence-corrected chi connectivity index (χ2v) is 4.26. The number of aromatic nitrogens is 5. The lowest BCUT2D eigenvalue weighted by molar-refractivity contribution is 0.791. The van der Waals surface area contributed by atoms with Gasteiger partial charge in [0, 0.05) is 23.2 Å². The molecule has 0 bridgehead atoms. The molecule has 18 heavy (non-hydrogen) atoms. The van der Waals surface area contributed by atoms with Crippen molar-refractivity contribution in [3.8, 4) is 0 Å². The zero-order valence-corrected chi connectivity index (χ0v) is 9.92. The molecule has 0 radical (unpaired) electrons. The van der Waals surface area contributed by atoms with Crippen LogP contribution >= 0.6 is 11.6 Å². The van der Waals surface area contributed by atoms with Gasteiger partial charge in [-0.05, 0) is 22.9 Å². The molecule has 0 saturated carbocycles. The molecule has 0 aliphatic carbocycles. The lowest BCUT2D eigenvalue weighted by Gasteiger charge is -2.01. The first-order valence-electron chi connectivity index (χ1n) is 5.26. The minimum Gasteiger partial charge on any atom is -0.267 e. The number of fused-ring (bicyclic) bond motifs is 1. The van der Waals surface area contributed by atoms with E-state index in [1.54, 1.807) is 12.1 Å². The molecule has 1 aromatic carbocycles. The molecule has 0 atom stereocenters. The summed E-state index contributed by atoms with van der Waals surface area (Å²) in [6.45, 7) is 0. The first-order valence-corrected chi connectivity index (χ1v) is 5.64. The molecule has 2 heterocycles. The molecular formula is C11H8ClN5O. The van der Waals surface area contributed by atoms with Crippen molar-refractivity contribution in [2.75, 3.05) is 0 Å². The number of rotatable bonds is 2. The van der Waals surface area contributed by atoms with E-state index < -0.39 is 0 Å². The zero-order valence-electron chi connectivity index (χ0n) is 9.17. The van der Waals surface area contributed by atoms with Gasteiger partial charge in [0.15, 0.2) is 0 Å². The summed E-state index contributed by atoms with van der Waals surface area (Å²) >= 11 is 5.81. The van der Waals surface area contributed by atoms with Crippen molar-refractivity contribution in [1.29, 1.82) is 0 Å². The molecular weight excluding hydrogens is 254 g/mol. The van der Waals surface area contributed by atoms with Gasteiger partial charge in [-0.2, -0.15) is 9.73 Å². The highest BCUT2D eigenvalue weighted by Crippen LogP contribution is 2.11. The van der Waals surface area contributed by atoms with E-state index in [0.29, 0.717) is 17.0 Å². The Bertz CT molecular complexity index is 746. The van der Waals surface area contributed by atoms with E-state index in [1.165, 1.54) is 10.7 Å². The van der Waals surface area contributed by atoms with Crippen LogP contribution in [-0.2, 0) is 6.42 Å². The van der Waals surface area contributed by atoms with E-state index in [1.807, 2.05) is 12.1 Å². The predicted molar refractivity (Wildman–Crippen MR) is 65.7 cm³/mol. The summed E-state index contributed by atoms with van der Waals surface area (Å²) in [5.41, 5.74) is 1.37. The molecule has 0 unspecified atom stereocenters. The molecule has 0 fully saturated rings. The van der Waals surface area contributed by atoms with Crippen molar-refractivity contribution < 1.29 is 0 Å². The number of hydrogen-bond acceptors (Lipinski definition) is 4. The summed E-state index contributed by atoms with van der Waals surface area (Å²) in [7, 11) is 0. The first-order chi connectivity index (χ1) is 8.74. The Hall–Kier alpha value is -2.21. The maximum atomic E-state index is 12.0. The lowest BCUT2D eigenvalue weighted by Crippen LogP contribution is -2.20. The molecule has 0 amide bonds. The monoisotopic (exact) mass is 261 g/mol. The average molecular weight is 262 g/mol. The van der Waals surface area contributed by atoms with Crippen LogP contribution in [0.5, 0.6) is 0 Å². The number of benzene rings is 1. The Kier molecular flexibility index (Phi) is 2.56. The Morgan fingerprint density at radius 3 is 2.83 bits per heavy atom. The van der Waals surface area contributed by atoms with Crippen molar-refractivity contribution in [2.45, 2.75) is 6.42 Å². The summed E-state index contributed by atoms with van der Waals surface area (Å²) in [6, 6.07) is 7.33. The minimum atomic E-state index is -0.194. The van der Waals surface area contributed by atoms with Gasteiger partial charge in [0.1, 0.15) is 0 Å². The summed E-state index contributed by atoms with van der Waals surface area (Å²) in [5.74, 6) is 0.264. The number of tetrazole rings is 1. The fourth-order valence-electron chi connectivity index (χ4n) is 1.70. The fourth-order valence-corrected chi connectivity index (χ4v) is 1.82. The Morgan fingerprint density at radius 2 is 2.06 bits per heavy atom. The molecule has 7 heteroatoms. The number of nitrogens with one attached hydrogen (secondary N) is 1. The van der Waals surface area contributed by atoms with Crippen LogP contribution < -0.4 is 5.56 Å². The van der Waals surface area contributed by atoms with Gasteiger partial charge < -0.3 is 0 Å². The van der Waals surface area contributed by atoms with Gasteiger partial charge in [0.05, 0.1) is 0 Å². The molecule has 0 aliphatic rings. The van der Waals surface area contributed by atoms with Gasteiger partial charge in [0.2, 0.25) is 0 Å². The quantitative estimate of drug-likeness (QED) is 0.748. The highest BCUT2D eigenvalue weighted by atomic mass is 35.5. The van der Waals surface area contributed by atoms with Crippen LogP contribution in [0.4, 0.5) is 0 Å². The standard InChI is InChI=1S/C11H8ClN5O/c12-9-3-1-7(2-4-9)5-8-6-13-11-14-15-16-17(11)10(8)18/h1-4,6H,5H2,(H,13,14,16). The second kappa shape index (κ2) is 4.23. The van der Waals surface area contributed by atoms with E-state index in [-0.39, 0.29) is 11.3 Å². The fraction of sp³-hybridized carbons (Fsp3) is 0.0909. The number of H-pyrrole nitrogens is 1. The maximum absolute atomic E-state index is 12.0. The largest absolute Gasteiger partial charge is 0.278 e. The number of aromatic amines is 1. The van der Waals surface area contributed by atoms with Crippen LogP contribution in [0.25, 0.3) is 5.78 Å². The maximum Gasteiger partial charge on any atom is 0.278 e. The average Bonchev–Trinajstić information content (AvgIpc) is 2.84. The van der Waals surface area contributed by atoms with Crippen LogP contribution in [0.15, 0.2) is 35.3 Å². The van der Waals surface area contributed by atoms with Crippen LogP contribution in [0.3, 0.4) is 0 Å². The van der Waals surface area contributed by atoms with Gasteiger partial charge in [0.25, 0.3) is 11.3 Å². The van der Waals surface area contributed by atoms with E-state index in [0.717, 1.165) is 5.56 Å². The van der Waals surface area contributed by atoms with Gasteiger partial charge in [-0.25, -0.2) is 4.98 Å². The van der Waals surface area contributed by atoms with Gasteiger partial charge >= 0.3 is 0 Å². The summed E-state index contributed by atoms with van der Waals surface area (Å²) in [4.78, 5) is 16.1. The molecule has 0 aliphatic heterocycles. The van der Waals surface area contributed by atoms with Crippen molar-refractivity contribution in [1.82, 2.24) is 25.0 Å². The Morgan fingerprint density at radius 1 is 1.28 bits per heavy atom. The summed E-state index contributed by atoms with van der Waals surface area (Å²) < 4.78 is 1.21. The Balaban J connectivity index is 2.02. The normalized spacial score (nSPS) is 10.9. The zero-order chi connectivity index (χ0) is 12.5. The van der Waals surface area contributed by atoms with Crippen LogP contribution in [0.1, 0.15) is 11.1 Å². The summed E-state index contributed by atoms with van der Waals surface area (Å²) in [5, 5.41) is 10.3. The molecule has 0 saturated heterocycles. The molecule has 1 N–H and O–H groups in total. The molecule has 3 rings (SSSR count). The molecule has 3 aromatic rings. The first kappa shape index (κ1) is 10.9. The third-order valence-corrected chi connectivity index (χ3v) is 2.86. The third kappa shape index (κ3) is 1.86. The minimum absolute atomic E-state index is 0.194. The van der Waals surface area contributed by atoms with Crippen LogP contribution in [0, 0.1) is 0 Å². The number of nitrogens with zero attached hydrogens (tertiary/aromatic N) is 4. The topological polar surface area (TPSA) is 75.9 Å². The van der Waals surface area contributed by atoms with Gasteiger partial charge in [-0.1, -0.05) is 28.8 Å². The van der Waals surface area contributed by atoms with E-state index in [9.17, 15) is 4.79 Å². The molecule has 0 spiro atoms. The second-order valence-electron chi connectivity index (χ2n) is 3.83. The number of halogens is 1. The lowest BCUT2D eigenvalue weighted by atomic mass is 10.1. The highest BCUT2D eigenvalue weighted by Gasteiger charge is 2.07. The Labute approximate surface area is 106 Å². The predicted octanol–water partition coefficient (Wildman–Crippen LogP) is 1.06. The van der Waals surface area contributed by atoms with Crippen molar-refractivity contribution in [2.24, 2.45) is 0 Å². The third-order valence-electron chi connectivity index (χ3n) is 2.61. The molecule has 6 nitrogen and oxygen atoms in total. The van der Waals surface area contributed by atoms with Crippen molar-refractivity contribution in [3.63, 3.8) is 0 Å². The smallest absolute Gasteiger partial charge is 0.267 e. The van der Waals surface area contributed by atoms with Crippen molar-refractivity contribution >= 4 is 17.4 Å².